The summed E-state index contributed by atoms with van der Waals surface area (Å²) in [5, 5.41) is 0. The first-order valence-corrected chi connectivity index (χ1v) is 10.1. The summed E-state index contributed by atoms with van der Waals surface area (Å²) in [4.78, 5) is 0. The molecule has 0 bridgehead atoms. The van der Waals surface area contributed by atoms with Crippen molar-refractivity contribution in [3.8, 4) is 0 Å². The van der Waals surface area contributed by atoms with Gasteiger partial charge in [-0.25, -0.2) is 0 Å². The fraction of sp³-hybridized carbons (Fsp3) is 0.846. The molecule has 0 atom stereocenters. The van der Waals surface area contributed by atoms with E-state index in [1.54, 1.807) is 0 Å². The molecule has 0 amide bonds. The van der Waals surface area contributed by atoms with Crippen LogP contribution < -0.4 is 0 Å². The van der Waals surface area contributed by atoms with Gasteiger partial charge in [0.05, 0.1) is 19.3 Å². The van der Waals surface area contributed by atoms with Crippen LogP contribution in [0.3, 0.4) is 0 Å². The summed E-state index contributed by atoms with van der Waals surface area (Å²) < 4.78 is 11.9. The van der Waals surface area contributed by atoms with E-state index in [9.17, 15) is 0 Å². The zero-order chi connectivity index (χ0) is 13.3. The van der Waals surface area contributed by atoms with Gasteiger partial charge in [-0.3, -0.25) is 0 Å². The van der Waals surface area contributed by atoms with Crippen molar-refractivity contribution in [3.05, 3.63) is 11.8 Å². The fourth-order valence-electron chi connectivity index (χ4n) is 2.47. The Morgan fingerprint density at radius 3 is 1.94 bits per heavy atom. The molecule has 1 heterocycles. The highest BCUT2D eigenvalue weighted by atomic mass is 28.3. The van der Waals surface area contributed by atoms with Gasteiger partial charge in [0.1, 0.15) is 0 Å². The lowest BCUT2D eigenvalue weighted by Gasteiger charge is -2.44. The standard InChI is InChI=1S/C13H27BO2Si/c1-12(2)11-13(3,4)16-14(15-12)9-8-10-17(5,6)7/h8,10H,9,11H2,1-7H3/b10-8+. The van der Waals surface area contributed by atoms with Gasteiger partial charge in [-0.2, -0.15) is 0 Å². The van der Waals surface area contributed by atoms with Gasteiger partial charge in [-0.15, -0.1) is 0 Å². The molecule has 0 aromatic heterocycles. The Morgan fingerprint density at radius 1 is 1.06 bits per heavy atom. The van der Waals surface area contributed by atoms with Crippen LogP contribution in [-0.4, -0.2) is 26.4 Å². The van der Waals surface area contributed by atoms with E-state index in [1.165, 1.54) is 0 Å². The molecule has 0 N–H and O–H groups in total. The molecule has 17 heavy (non-hydrogen) atoms. The molecular weight excluding hydrogens is 227 g/mol. The second-order valence-corrected chi connectivity index (χ2v) is 12.4. The average Bonchev–Trinajstić information content (AvgIpc) is 1.93. The Morgan fingerprint density at radius 2 is 1.53 bits per heavy atom. The summed E-state index contributed by atoms with van der Waals surface area (Å²) in [6.07, 6.45) is 4.03. The summed E-state index contributed by atoms with van der Waals surface area (Å²) in [6, 6.07) is 0. The normalized spacial score (nSPS) is 24.3. The predicted molar refractivity (Wildman–Crippen MR) is 78.0 cm³/mol. The zero-order valence-corrected chi connectivity index (χ0v) is 13.5. The van der Waals surface area contributed by atoms with Crippen molar-refractivity contribution in [2.24, 2.45) is 0 Å². The Balaban J connectivity index is 2.57. The third-order valence-electron chi connectivity index (χ3n) is 2.70. The maximum atomic E-state index is 5.97. The van der Waals surface area contributed by atoms with Crippen molar-refractivity contribution in [1.82, 2.24) is 0 Å². The maximum absolute atomic E-state index is 5.97. The molecule has 0 aromatic rings. The number of allylic oxidation sites excluding steroid dienone is 1. The maximum Gasteiger partial charge on any atom is 0.461 e. The highest BCUT2D eigenvalue weighted by Crippen LogP contribution is 2.34. The quantitative estimate of drug-likeness (QED) is 0.711. The van der Waals surface area contributed by atoms with Crippen LogP contribution in [0.2, 0.25) is 26.0 Å². The molecule has 1 aliphatic heterocycles. The highest BCUT2D eigenvalue weighted by molar-refractivity contribution is 6.81. The molecule has 1 rings (SSSR count). The van der Waals surface area contributed by atoms with Crippen molar-refractivity contribution in [3.63, 3.8) is 0 Å². The molecule has 1 aliphatic rings. The summed E-state index contributed by atoms with van der Waals surface area (Å²) in [5.41, 5.74) is 2.19. The van der Waals surface area contributed by atoms with E-state index in [-0.39, 0.29) is 18.3 Å². The molecule has 4 heteroatoms. The van der Waals surface area contributed by atoms with E-state index in [4.69, 9.17) is 9.31 Å². The van der Waals surface area contributed by atoms with Crippen LogP contribution in [0.4, 0.5) is 0 Å². The summed E-state index contributed by atoms with van der Waals surface area (Å²) in [7, 11) is -1.20. The average molecular weight is 254 g/mol. The van der Waals surface area contributed by atoms with Crippen LogP contribution >= 0.6 is 0 Å². The number of rotatable bonds is 3. The van der Waals surface area contributed by atoms with E-state index in [1.807, 2.05) is 0 Å². The SMILES string of the molecule is CC1(C)CC(C)(C)OB(C/C=C/[Si](C)(C)C)O1. The summed E-state index contributed by atoms with van der Waals surface area (Å²) >= 11 is 0. The first-order chi connectivity index (χ1) is 7.49. The van der Waals surface area contributed by atoms with E-state index >= 15 is 0 Å². The second-order valence-electron chi connectivity index (χ2n) is 7.37. The minimum atomic E-state index is -1.10. The second kappa shape index (κ2) is 4.90. The number of hydrogen-bond donors (Lipinski definition) is 0. The van der Waals surface area contributed by atoms with Gasteiger partial charge in [-0.05, 0) is 34.0 Å². The van der Waals surface area contributed by atoms with Gasteiger partial charge in [0, 0.05) is 6.42 Å². The minimum Gasteiger partial charge on any atom is -0.406 e. The van der Waals surface area contributed by atoms with E-state index in [0.717, 1.165) is 12.7 Å². The first-order valence-electron chi connectivity index (χ1n) is 6.53. The van der Waals surface area contributed by atoms with E-state index < -0.39 is 8.07 Å². The topological polar surface area (TPSA) is 18.5 Å². The Bertz CT molecular complexity index is 276. The summed E-state index contributed by atoms with van der Waals surface area (Å²) in [5.74, 6) is 0. The smallest absolute Gasteiger partial charge is 0.406 e. The van der Waals surface area contributed by atoms with Gasteiger partial charge in [0.25, 0.3) is 0 Å². The van der Waals surface area contributed by atoms with Gasteiger partial charge < -0.3 is 9.31 Å². The van der Waals surface area contributed by atoms with Gasteiger partial charge >= 0.3 is 7.12 Å². The Kier molecular flexibility index (Phi) is 4.33. The van der Waals surface area contributed by atoms with E-state index in [2.05, 4.69) is 59.1 Å². The molecule has 1 saturated heterocycles. The molecule has 0 radical (unpaired) electrons. The molecule has 0 spiro atoms. The lowest BCUT2D eigenvalue weighted by Crippen LogP contribution is -2.51. The summed E-state index contributed by atoms with van der Waals surface area (Å²) in [6.45, 7) is 15.6. The van der Waals surface area contributed by atoms with Gasteiger partial charge in [0.2, 0.25) is 0 Å². The Labute approximate surface area is 108 Å². The Hall–Kier alpha value is -0.0582. The van der Waals surface area contributed by atoms with Crippen LogP contribution in [0.1, 0.15) is 34.1 Å². The van der Waals surface area contributed by atoms with E-state index in [0.29, 0.717) is 0 Å². The number of hydrogen-bond acceptors (Lipinski definition) is 2. The van der Waals surface area contributed by atoms with Crippen LogP contribution in [-0.2, 0) is 9.31 Å². The molecule has 1 fully saturated rings. The molecule has 0 aromatic carbocycles. The highest BCUT2D eigenvalue weighted by Gasteiger charge is 2.41. The largest absolute Gasteiger partial charge is 0.461 e. The van der Waals surface area contributed by atoms with Crippen LogP contribution in [0, 0.1) is 0 Å². The predicted octanol–water partition coefficient (Wildman–Crippen LogP) is 3.90. The molecule has 2 nitrogen and oxygen atoms in total. The van der Waals surface area contributed by atoms with Gasteiger partial charge in [-0.1, -0.05) is 31.4 Å². The van der Waals surface area contributed by atoms with Crippen molar-refractivity contribution in [2.75, 3.05) is 0 Å². The van der Waals surface area contributed by atoms with Crippen molar-refractivity contribution >= 4 is 15.2 Å². The minimum absolute atomic E-state index is 0.0839. The van der Waals surface area contributed by atoms with Crippen LogP contribution in [0.5, 0.6) is 0 Å². The molecule has 0 saturated carbocycles. The van der Waals surface area contributed by atoms with Crippen LogP contribution in [0.25, 0.3) is 0 Å². The van der Waals surface area contributed by atoms with Gasteiger partial charge in [0.15, 0.2) is 0 Å². The van der Waals surface area contributed by atoms with Crippen molar-refractivity contribution in [2.45, 2.75) is 71.3 Å². The molecule has 0 unspecified atom stereocenters. The molecule has 98 valence electrons. The molecule has 0 aliphatic carbocycles. The third-order valence-corrected chi connectivity index (χ3v) is 3.93. The lowest BCUT2D eigenvalue weighted by atomic mass is 9.76. The molecular formula is C13H27BO2Si. The lowest BCUT2D eigenvalue weighted by molar-refractivity contribution is -0.0757. The fourth-order valence-corrected chi connectivity index (χ4v) is 3.32. The third kappa shape index (κ3) is 5.89. The van der Waals surface area contributed by atoms with Crippen molar-refractivity contribution < 1.29 is 9.31 Å². The van der Waals surface area contributed by atoms with Crippen LogP contribution in [0.15, 0.2) is 11.8 Å². The zero-order valence-electron chi connectivity index (χ0n) is 12.5. The monoisotopic (exact) mass is 254 g/mol. The van der Waals surface area contributed by atoms with Crippen molar-refractivity contribution in [1.29, 1.82) is 0 Å². The first kappa shape index (κ1) is 15.0.